The van der Waals surface area contributed by atoms with Crippen molar-refractivity contribution in [1.29, 1.82) is 0 Å². The molecule has 9 heteroatoms. The lowest BCUT2D eigenvalue weighted by molar-refractivity contribution is -0.142. The predicted molar refractivity (Wildman–Crippen MR) is 101 cm³/mol. The van der Waals surface area contributed by atoms with Gasteiger partial charge in [-0.2, -0.15) is 0 Å². The van der Waals surface area contributed by atoms with Gasteiger partial charge >= 0.3 is 5.97 Å². The summed E-state index contributed by atoms with van der Waals surface area (Å²) in [7, 11) is 0. The number of anilines is 1. The smallest absolute Gasteiger partial charge is 0.311 e. The molecule has 2 aromatic heterocycles. The third kappa shape index (κ3) is 6.74. The van der Waals surface area contributed by atoms with Crippen molar-refractivity contribution in [2.24, 2.45) is 0 Å². The van der Waals surface area contributed by atoms with Crippen molar-refractivity contribution in [3.05, 3.63) is 32.4 Å². The minimum atomic E-state index is -0.322. The molecule has 0 saturated carbocycles. The Morgan fingerprint density at radius 1 is 1.36 bits per heavy atom. The van der Waals surface area contributed by atoms with Gasteiger partial charge in [-0.15, -0.1) is 22.7 Å². The molecule has 0 aliphatic carbocycles. The molecule has 0 fully saturated rings. The second kappa shape index (κ2) is 9.86. The summed E-state index contributed by atoms with van der Waals surface area (Å²) in [5.41, 5.74) is 0.597. The molecule has 2 heterocycles. The van der Waals surface area contributed by atoms with Crippen molar-refractivity contribution < 1.29 is 14.3 Å². The van der Waals surface area contributed by atoms with Gasteiger partial charge in [0.25, 0.3) is 0 Å². The number of thiazole rings is 1. The van der Waals surface area contributed by atoms with Gasteiger partial charge in [0, 0.05) is 16.8 Å². The zero-order chi connectivity index (χ0) is 18.2. The van der Waals surface area contributed by atoms with Crippen LogP contribution in [0.4, 0.5) is 5.13 Å². The Balaban J connectivity index is 1.84. The van der Waals surface area contributed by atoms with Crippen molar-refractivity contribution in [2.45, 2.75) is 26.8 Å². The first kappa shape index (κ1) is 19.8. The Bertz CT molecular complexity index is 717. The highest BCUT2D eigenvalue weighted by atomic mass is 35.5. The average molecular weight is 402 g/mol. The summed E-state index contributed by atoms with van der Waals surface area (Å²) in [5.74, 6) is -0.459. The van der Waals surface area contributed by atoms with E-state index in [2.05, 4.69) is 10.3 Å². The number of carbonyl (C=O) groups is 2. The molecule has 2 rings (SSSR count). The van der Waals surface area contributed by atoms with E-state index in [9.17, 15) is 9.59 Å². The number of thiophene rings is 1. The number of halogens is 1. The van der Waals surface area contributed by atoms with E-state index < -0.39 is 0 Å². The predicted octanol–water partition coefficient (Wildman–Crippen LogP) is 3.42. The molecule has 0 unspecified atom stereocenters. The van der Waals surface area contributed by atoms with Gasteiger partial charge in [-0.25, -0.2) is 4.98 Å². The monoisotopic (exact) mass is 401 g/mol. The topological polar surface area (TPSA) is 71.5 Å². The molecule has 0 spiro atoms. The summed E-state index contributed by atoms with van der Waals surface area (Å²) in [6.07, 6.45) is 0.112. The van der Waals surface area contributed by atoms with Crippen LogP contribution in [0.25, 0.3) is 0 Å². The number of rotatable bonds is 9. The number of nitrogens with zero attached hydrogens (tertiary/aromatic N) is 2. The van der Waals surface area contributed by atoms with E-state index in [1.54, 1.807) is 12.3 Å². The molecule has 6 nitrogen and oxygen atoms in total. The molecular formula is C16H20ClN3O3S2. The van der Waals surface area contributed by atoms with Gasteiger partial charge in [0.1, 0.15) is 0 Å². The zero-order valence-corrected chi connectivity index (χ0v) is 16.5. The van der Waals surface area contributed by atoms with Crippen molar-refractivity contribution >= 4 is 51.3 Å². The molecule has 2 aromatic rings. The molecule has 136 valence electrons. The zero-order valence-electron chi connectivity index (χ0n) is 14.1. The fourth-order valence-corrected chi connectivity index (χ4v) is 3.96. The van der Waals surface area contributed by atoms with Crippen LogP contribution in [0.15, 0.2) is 17.5 Å². The van der Waals surface area contributed by atoms with E-state index in [0.717, 1.165) is 15.8 Å². The molecule has 0 bridgehead atoms. The van der Waals surface area contributed by atoms with Crippen LogP contribution in [0.2, 0.25) is 4.34 Å². The minimum absolute atomic E-state index is 0.112. The normalized spacial score (nSPS) is 10.9. The van der Waals surface area contributed by atoms with Gasteiger partial charge < -0.3 is 10.1 Å². The maximum Gasteiger partial charge on any atom is 0.311 e. The molecule has 1 amide bonds. The fraction of sp³-hybridized carbons (Fsp3) is 0.438. The van der Waals surface area contributed by atoms with Crippen LogP contribution < -0.4 is 5.32 Å². The average Bonchev–Trinajstić information content (AvgIpc) is 3.15. The lowest BCUT2D eigenvalue weighted by Crippen LogP contribution is -2.32. The number of aromatic nitrogens is 1. The Morgan fingerprint density at radius 3 is 2.80 bits per heavy atom. The van der Waals surface area contributed by atoms with Crippen molar-refractivity contribution in [1.82, 2.24) is 9.88 Å². The highest BCUT2D eigenvalue weighted by molar-refractivity contribution is 7.16. The first-order chi connectivity index (χ1) is 12.0. The highest BCUT2D eigenvalue weighted by Gasteiger charge is 2.14. The van der Waals surface area contributed by atoms with Gasteiger partial charge in [0.05, 0.1) is 29.6 Å². The van der Waals surface area contributed by atoms with Crippen LogP contribution in [-0.4, -0.2) is 41.5 Å². The van der Waals surface area contributed by atoms with Crippen molar-refractivity contribution in [3.63, 3.8) is 0 Å². The lowest BCUT2D eigenvalue weighted by Gasteiger charge is -2.18. The number of hydrogen-bond acceptors (Lipinski definition) is 7. The van der Waals surface area contributed by atoms with E-state index >= 15 is 0 Å². The molecule has 0 aromatic carbocycles. The molecule has 25 heavy (non-hydrogen) atoms. The minimum Gasteiger partial charge on any atom is -0.466 e. The van der Waals surface area contributed by atoms with Gasteiger partial charge in [0.2, 0.25) is 5.91 Å². The third-order valence-electron chi connectivity index (χ3n) is 3.25. The number of ether oxygens (including phenoxy) is 1. The van der Waals surface area contributed by atoms with Crippen LogP contribution in [-0.2, 0) is 27.3 Å². The first-order valence-electron chi connectivity index (χ1n) is 7.86. The maximum absolute atomic E-state index is 12.2. The molecule has 0 atom stereocenters. The second-order valence-electron chi connectivity index (χ2n) is 5.18. The second-order valence-corrected chi connectivity index (χ2v) is 7.84. The van der Waals surface area contributed by atoms with Crippen molar-refractivity contribution in [3.8, 4) is 0 Å². The number of hydrogen-bond donors (Lipinski definition) is 1. The molecule has 0 radical (unpaired) electrons. The summed E-state index contributed by atoms with van der Waals surface area (Å²) in [4.78, 5) is 31.0. The van der Waals surface area contributed by atoms with Crippen LogP contribution in [0.3, 0.4) is 0 Å². The van der Waals surface area contributed by atoms with Crippen LogP contribution in [0, 0.1) is 0 Å². The standard InChI is InChI=1S/C16H20ClN3O3S2/c1-3-20(8-12-5-6-13(17)25-12)9-14(21)19-16-18-11(10-24-16)7-15(22)23-4-2/h5-6,10H,3-4,7-9H2,1-2H3,(H,18,19,21). The summed E-state index contributed by atoms with van der Waals surface area (Å²) in [6, 6.07) is 3.83. The van der Waals surface area contributed by atoms with E-state index in [0.29, 0.717) is 24.0 Å². The van der Waals surface area contributed by atoms with Gasteiger partial charge in [0.15, 0.2) is 5.13 Å². The number of nitrogens with one attached hydrogen (secondary N) is 1. The van der Waals surface area contributed by atoms with Crippen LogP contribution in [0.5, 0.6) is 0 Å². The van der Waals surface area contributed by atoms with E-state index in [1.807, 2.05) is 24.0 Å². The van der Waals surface area contributed by atoms with Gasteiger partial charge in [-0.05, 0) is 25.6 Å². The summed E-state index contributed by atoms with van der Waals surface area (Å²) in [5, 5.41) is 5.01. The summed E-state index contributed by atoms with van der Waals surface area (Å²) >= 11 is 8.75. The third-order valence-corrected chi connectivity index (χ3v) is 5.27. The largest absolute Gasteiger partial charge is 0.466 e. The molecule has 0 saturated heterocycles. The molecular weight excluding hydrogens is 382 g/mol. The number of likely N-dealkylation sites (N-methyl/N-ethyl adjacent to an activating group) is 1. The number of carbonyl (C=O) groups excluding carboxylic acids is 2. The van der Waals surface area contributed by atoms with Gasteiger partial charge in [-0.1, -0.05) is 18.5 Å². The van der Waals surface area contributed by atoms with Crippen LogP contribution in [0.1, 0.15) is 24.4 Å². The molecule has 0 aliphatic rings. The fourth-order valence-electron chi connectivity index (χ4n) is 2.10. The quantitative estimate of drug-likeness (QED) is 0.652. The number of amides is 1. The SMILES string of the molecule is CCOC(=O)Cc1csc(NC(=O)CN(CC)Cc2ccc(Cl)s2)n1. The Hall–Kier alpha value is -1.48. The molecule has 1 N–H and O–H groups in total. The van der Waals surface area contributed by atoms with E-state index in [-0.39, 0.29) is 24.8 Å². The Morgan fingerprint density at radius 2 is 2.16 bits per heavy atom. The van der Waals surface area contributed by atoms with Crippen LogP contribution >= 0.6 is 34.3 Å². The summed E-state index contributed by atoms with van der Waals surface area (Å²) < 4.78 is 5.63. The summed E-state index contributed by atoms with van der Waals surface area (Å²) in [6.45, 7) is 5.79. The van der Waals surface area contributed by atoms with E-state index in [1.165, 1.54) is 22.7 Å². The van der Waals surface area contributed by atoms with Crippen molar-refractivity contribution in [2.75, 3.05) is 25.0 Å². The van der Waals surface area contributed by atoms with E-state index in [4.69, 9.17) is 16.3 Å². The first-order valence-corrected chi connectivity index (χ1v) is 9.94. The Labute approximate surface area is 159 Å². The number of esters is 1. The Kier molecular flexibility index (Phi) is 7.83. The van der Waals surface area contributed by atoms with Gasteiger partial charge in [-0.3, -0.25) is 14.5 Å². The maximum atomic E-state index is 12.2. The molecule has 0 aliphatic heterocycles. The highest BCUT2D eigenvalue weighted by Crippen LogP contribution is 2.22. The lowest BCUT2D eigenvalue weighted by atomic mass is 10.3.